The Morgan fingerprint density at radius 2 is 2.00 bits per heavy atom. The van der Waals surface area contributed by atoms with E-state index in [1.165, 1.54) is 12.1 Å². The van der Waals surface area contributed by atoms with Crippen LogP contribution in [0.3, 0.4) is 0 Å². The second-order valence-electron chi connectivity index (χ2n) is 5.18. The maximum absolute atomic E-state index is 12.1. The minimum Gasteiger partial charge on any atom is -0.478 e. The summed E-state index contributed by atoms with van der Waals surface area (Å²) < 4.78 is 10.4. The van der Waals surface area contributed by atoms with Crippen molar-refractivity contribution in [2.45, 2.75) is 19.0 Å². The number of aromatic carboxylic acids is 1. The van der Waals surface area contributed by atoms with Gasteiger partial charge in [0.25, 0.3) is 0 Å². The Morgan fingerprint density at radius 3 is 2.58 bits per heavy atom. The van der Waals surface area contributed by atoms with Crippen molar-refractivity contribution in [3.63, 3.8) is 0 Å². The summed E-state index contributed by atoms with van der Waals surface area (Å²) in [6, 6.07) is 9.27. The van der Waals surface area contributed by atoms with Gasteiger partial charge in [0.1, 0.15) is 5.76 Å². The molecule has 24 heavy (non-hydrogen) atoms. The molecule has 0 aliphatic carbocycles. The summed E-state index contributed by atoms with van der Waals surface area (Å²) in [4.78, 5) is 22.9. The lowest BCUT2D eigenvalue weighted by Gasteiger charge is -2.17. The van der Waals surface area contributed by atoms with Crippen molar-refractivity contribution in [2.75, 3.05) is 13.7 Å². The zero-order valence-corrected chi connectivity index (χ0v) is 13.3. The van der Waals surface area contributed by atoms with E-state index in [-0.39, 0.29) is 17.6 Å². The largest absolute Gasteiger partial charge is 0.478 e. The van der Waals surface area contributed by atoms with Gasteiger partial charge in [0, 0.05) is 20.3 Å². The smallest absolute Gasteiger partial charge is 0.335 e. The van der Waals surface area contributed by atoms with Gasteiger partial charge in [-0.1, -0.05) is 12.1 Å². The first kappa shape index (κ1) is 17.6. The van der Waals surface area contributed by atoms with Crippen molar-refractivity contribution >= 4 is 12.0 Å². The van der Waals surface area contributed by atoms with Gasteiger partial charge in [-0.25, -0.2) is 9.59 Å². The second kappa shape index (κ2) is 8.73. The number of nitrogens with one attached hydrogen (secondary N) is 2. The monoisotopic (exact) mass is 332 g/mol. The zero-order chi connectivity index (χ0) is 17.4. The summed E-state index contributed by atoms with van der Waals surface area (Å²) >= 11 is 0. The Bertz CT molecular complexity index is 652. The number of benzene rings is 1. The predicted molar refractivity (Wildman–Crippen MR) is 86.7 cm³/mol. The van der Waals surface area contributed by atoms with Gasteiger partial charge in [-0.2, -0.15) is 0 Å². The molecule has 128 valence electrons. The van der Waals surface area contributed by atoms with Gasteiger partial charge in [0.05, 0.1) is 17.9 Å². The number of furan rings is 1. The Kier molecular flexibility index (Phi) is 6.39. The lowest BCUT2D eigenvalue weighted by atomic mass is 10.1. The van der Waals surface area contributed by atoms with Gasteiger partial charge < -0.3 is 24.9 Å². The quantitative estimate of drug-likeness (QED) is 0.690. The van der Waals surface area contributed by atoms with E-state index in [1.807, 2.05) is 0 Å². The number of methoxy groups -OCH3 is 1. The van der Waals surface area contributed by atoms with Crippen LogP contribution in [0.4, 0.5) is 4.79 Å². The van der Waals surface area contributed by atoms with Crippen molar-refractivity contribution < 1.29 is 23.8 Å². The molecule has 3 N–H and O–H groups in total. The molecule has 0 saturated heterocycles. The number of amides is 2. The van der Waals surface area contributed by atoms with Crippen molar-refractivity contribution in [3.05, 3.63) is 59.5 Å². The Balaban J connectivity index is 1.87. The van der Waals surface area contributed by atoms with E-state index in [0.29, 0.717) is 25.3 Å². The van der Waals surface area contributed by atoms with Crippen LogP contribution in [0.15, 0.2) is 47.1 Å². The standard InChI is InChI=1S/C17H20N2O5/c1-23-10-8-14(15-3-2-9-24-15)19-17(22)18-11-12-4-6-13(7-5-12)16(20)21/h2-7,9,14H,8,10-11H2,1H3,(H,20,21)(H2,18,19,22). The summed E-state index contributed by atoms with van der Waals surface area (Å²) in [5.41, 5.74) is 1.02. The molecule has 0 saturated carbocycles. The van der Waals surface area contributed by atoms with Crippen LogP contribution < -0.4 is 10.6 Å². The minimum absolute atomic E-state index is 0.209. The van der Waals surface area contributed by atoms with Gasteiger partial charge in [0.15, 0.2) is 0 Å². The second-order valence-corrected chi connectivity index (χ2v) is 5.18. The first-order chi connectivity index (χ1) is 11.6. The van der Waals surface area contributed by atoms with E-state index >= 15 is 0 Å². The van der Waals surface area contributed by atoms with Gasteiger partial charge in [-0.3, -0.25) is 0 Å². The summed E-state index contributed by atoms with van der Waals surface area (Å²) in [5.74, 6) is -0.320. The van der Waals surface area contributed by atoms with Crippen LogP contribution >= 0.6 is 0 Å². The maximum atomic E-state index is 12.1. The highest BCUT2D eigenvalue weighted by Crippen LogP contribution is 2.17. The molecule has 1 aromatic heterocycles. The van der Waals surface area contributed by atoms with Crippen molar-refractivity contribution in [2.24, 2.45) is 0 Å². The first-order valence-electron chi connectivity index (χ1n) is 7.49. The third kappa shape index (κ3) is 5.13. The number of hydrogen-bond donors (Lipinski definition) is 3. The SMILES string of the molecule is COCCC(NC(=O)NCc1ccc(C(=O)O)cc1)c1ccco1. The molecule has 1 atom stereocenters. The minimum atomic E-state index is -0.980. The molecule has 7 nitrogen and oxygen atoms in total. The fourth-order valence-corrected chi connectivity index (χ4v) is 2.17. The van der Waals surface area contributed by atoms with Crippen LogP contribution in [0.5, 0.6) is 0 Å². The van der Waals surface area contributed by atoms with E-state index in [4.69, 9.17) is 14.3 Å². The van der Waals surface area contributed by atoms with E-state index < -0.39 is 5.97 Å². The van der Waals surface area contributed by atoms with Crippen LogP contribution in [0.2, 0.25) is 0 Å². The fraction of sp³-hybridized carbons (Fsp3) is 0.294. The number of ether oxygens (including phenoxy) is 1. The molecule has 7 heteroatoms. The highest BCUT2D eigenvalue weighted by atomic mass is 16.5. The third-order valence-corrected chi connectivity index (χ3v) is 3.46. The number of carboxylic acids is 1. The fourth-order valence-electron chi connectivity index (χ4n) is 2.17. The maximum Gasteiger partial charge on any atom is 0.335 e. The van der Waals surface area contributed by atoms with Crippen molar-refractivity contribution in [1.82, 2.24) is 10.6 Å². The Labute approximate surface area is 139 Å². The molecule has 0 fully saturated rings. The lowest BCUT2D eigenvalue weighted by molar-refractivity contribution is 0.0697. The van der Waals surface area contributed by atoms with Crippen LogP contribution in [-0.2, 0) is 11.3 Å². The topological polar surface area (TPSA) is 101 Å². The molecule has 0 radical (unpaired) electrons. The average molecular weight is 332 g/mol. The molecule has 1 heterocycles. The molecule has 2 amide bonds. The van der Waals surface area contributed by atoms with E-state index in [2.05, 4.69) is 10.6 Å². The average Bonchev–Trinajstić information content (AvgIpc) is 3.11. The summed E-state index contributed by atoms with van der Waals surface area (Å²) in [7, 11) is 1.60. The van der Waals surface area contributed by atoms with Gasteiger partial charge in [-0.15, -0.1) is 0 Å². The third-order valence-electron chi connectivity index (χ3n) is 3.46. The highest BCUT2D eigenvalue weighted by molar-refractivity contribution is 5.87. The molecule has 0 spiro atoms. The molecule has 0 aliphatic rings. The van der Waals surface area contributed by atoms with Crippen molar-refractivity contribution in [3.8, 4) is 0 Å². The van der Waals surface area contributed by atoms with Crippen LogP contribution in [-0.4, -0.2) is 30.8 Å². The van der Waals surface area contributed by atoms with Crippen molar-refractivity contribution in [1.29, 1.82) is 0 Å². The molecular weight excluding hydrogens is 312 g/mol. The molecule has 0 bridgehead atoms. The molecule has 1 aromatic carbocycles. The number of hydrogen-bond acceptors (Lipinski definition) is 4. The number of carbonyl (C=O) groups is 2. The summed E-state index contributed by atoms with van der Waals surface area (Å²) in [6.07, 6.45) is 2.14. The van der Waals surface area contributed by atoms with Gasteiger partial charge in [-0.05, 0) is 36.2 Å². The van der Waals surface area contributed by atoms with E-state index in [0.717, 1.165) is 5.56 Å². The first-order valence-corrected chi connectivity index (χ1v) is 7.49. The predicted octanol–water partition coefficient (Wildman–Crippen LogP) is 2.55. The van der Waals surface area contributed by atoms with Crippen LogP contribution in [0.25, 0.3) is 0 Å². The lowest BCUT2D eigenvalue weighted by Crippen LogP contribution is -2.37. The zero-order valence-electron chi connectivity index (χ0n) is 13.3. The molecule has 0 aliphatic heterocycles. The van der Waals surface area contributed by atoms with Crippen LogP contribution in [0, 0.1) is 0 Å². The number of carbonyl (C=O) groups excluding carboxylic acids is 1. The molecule has 1 unspecified atom stereocenters. The van der Waals surface area contributed by atoms with Gasteiger partial charge in [0.2, 0.25) is 0 Å². The van der Waals surface area contributed by atoms with Gasteiger partial charge >= 0.3 is 12.0 Å². The highest BCUT2D eigenvalue weighted by Gasteiger charge is 2.16. The number of rotatable bonds is 8. The van der Waals surface area contributed by atoms with Crippen LogP contribution in [0.1, 0.15) is 34.1 Å². The summed E-state index contributed by atoms with van der Waals surface area (Å²) in [6.45, 7) is 0.781. The van der Waals surface area contributed by atoms with E-state index in [9.17, 15) is 9.59 Å². The normalized spacial score (nSPS) is 11.7. The molecule has 2 rings (SSSR count). The van der Waals surface area contributed by atoms with E-state index in [1.54, 1.807) is 37.6 Å². The number of urea groups is 1. The Hall–Kier alpha value is -2.80. The molecular formula is C17H20N2O5. The summed E-state index contributed by atoms with van der Waals surface area (Å²) in [5, 5.41) is 14.4. The Morgan fingerprint density at radius 1 is 1.25 bits per heavy atom. The number of carboxylic acid groups (broad SMARTS) is 1. The molecule has 2 aromatic rings.